The molecular formula is C7H10ClNO3S. The maximum Gasteiger partial charge on any atom is 0.399 e. The first-order valence-corrected chi connectivity index (χ1v) is 5.06. The van der Waals surface area contributed by atoms with E-state index in [9.17, 15) is 9.59 Å². The fraction of sp³-hybridized carbons (Fsp3) is 0.571. The predicted octanol–water partition coefficient (Wildman–Crippen LogP) is 1.42. The fourth-order valence-corrected chi connectivity index (χ4v) is 1.26. The summed E-state index contributed by atoms with van der Waals surface area (Å²) in [5.41, 5.74) is 0. The number of halogens is 1. The normalized spacial score (nSPS) is 11.2. The van der Waals surface area contributed by atoms with Crippen LogP contribution < -0.4 is 0 Å². The zero-order chi connectivity index (χ0) is 10.3. The van der Waals surface area contributed by atoms with Crippen LogP contribution in [0.4, 0.5) is 0 Å². The number of hydrogen-bond acceptors (Lipinski definition) is 4. The molecule has 0 fully saturated rings. The van der Waals surface area contributed by atoms with Crippen molar-refractivity contribution < 1.29 is 14.3 Å². The van der Waals surface area contributed by atoms with E-state index < -0.39 is 11.9 Å². The third kappa shape index (κ3) is 5.65. The lowest BCUT2D eigenvalue weighted by Crippen LogP contribution is -2.15. The summed E-state index contributed by atoms with van der Waals surface area (Å²) in [7, 11) is 0. The first-order valence-electron chi connectivity index (χ1n) is 3.69. The second-order valence-corrected chi connectivity index (χ2v) is 3.66. The maximum absolute atomic E-state index is 10.9. The third-order valence-electron chi connectivity index (χ3n) is 0.903. The van der Waals surface area contributed by atoms with Crippen molar-refractivity contribution in [1.82, 2.24) is 0 Å². The van der Waals surface area contributed by atoms with Gasteiger partial charge in [0.05, 0.1) is 6.61 Å². The zero-order valence-electron chi connectivity index (χ0n) is 7.37. The van der Waals surface area contributed by atoms with E-state index in [0.717, 1.165) is 0 Å². The largest absolute Gasteiger partial charge is 0.459 e. The Bertz CT molecular complexity index is 230. The van der Waals surface area contributed by atoms with Gasteiger partial charge in [-0.2, -0.15) is 4.99 Å². The highest BCUT2D eigenvalue weighted by Crippen LogP contribution is 2.07. The molecule has 0 saturated carbocycles. The minimum absolute atomic E-state index is 0.0561. The standard InChI is InChI=1S/C7H10ClNO3S/c1-3-12-6(11)5(10)9-7(8)13-4-2/h3-4H2,1-2H3. The van der Waals surface area contributed by atoms with Crippen LogP contribution >= 0.6 is 23.4 Å². The highest BCUT2D eigenvalue weighted by molar-refractivity contribution is 8.16. The van der Waals surface area contributed by atoms with Crippen LogP contribution in [0.1, 0.15) is 13.8 Å². The second-order valence-electron chi connectivity index (χ2n) is 1.82. The number of carbonyl (C=O) groups is 2. The van der Waals surface area contributed by atoms with Crippen LogP contribution in [0.2, 0.25) is 0 Å². The molecule has 0 atom stereocenters. The Kier molecular flexibility index (Phi) is 6.62. The molecule has 0 aliphatic carbocycles. The molecular weight excluding hydrogens is 214 g/mol. The van der Waals surface area contributed by atoms with Crippen molar-refractivity contribution in [1.29, 1.82) is 0 Å². The number of ether oxygens (including phenoxy) is 1. The molecule has 0 aromatic carbocycles. The fourth-order valence-electron chi connectivity index (χ4n) is 0.470. The Hall–Kier alpha value is -0.550. The average molecular weight is 224 g/mol. The number of esters is 1. The molecule has 0 saturated heterocycles. The Morgan fingerprint density at radius 2 is 2.08 bits per heavy atom. The number of nitrogens with zero attached hydrogens (tertiary/aromatic N) is 1. The number of amides is 1. The summed E-state index contributed by atoms with van der Waals surface area (Å²) in [5.74, 6) is -1.25. The lowest BCUT2D eigenvalue weighted by Gasteiger charge is -1.96. The highest BCUT2D eigenvalue weighted by Gasteiger charge is 2.14. The van der Waals surface area contributed by atoms with Crippen molar-refractivity contribution in [3.63, 3.8) is 0 Å². The van der Waals surface area contributed by atoms with Gasteiger partial charge in [0.1, 0.15) is 0 Å². The second kappa shape index (κ2) is 6.91. The van der Waals surface area contributed by atoms with Crippen LogP contribution in [-0.4, -0.2) is 28.7 Å². The van der Waals surface area contributed by atoms with Crippen molar-refractivity contribution >= 4 is 39.7 Å². The van der Waals surface area contributed by atoms with Crippen molar-refractivity contribution in [2.45, 2.75) is 13.8 Å². The van der Waals surface area contributed by atoms with Gasteiger partial charge < -0.3 is 4.74 Å². The molecule has 0 bridgehead atoms. The first kappa shape index (κ1) is 12.4. The number of carbonyl (C=O) groups excluding carboxylic acids is 2. The summed E-state index contributed by atoms with van der Waals surface area (Å²) in [6.45, 7) is 3.62. The van der Waals surface area contributed by atoms with Gasteiger partial charge in [-0.3, -0.25) is 4.79 Å². The lowest BCUT2D eigenvalue weighted by atomic mass is 10.6. The summed E-state index contributed by atoms with van der Waals surface area (Å²) < 4.78 is 4.48. The van der Waals surface area contributed by atoms with Gasteiger partial charge in [0, 0.05) is 0 Å². The zero-order valence-corrected chi connectivity index (χ0v) is 8.94. The number of thioether (sulfide) groups is 1. The van der Waals surface area contributed by atoms with Crippen LogP contribution in [0.15, 0.2) is 4.99 Å². The number of aliphatic imine (C=N–C) groups is 1. The summed E-state index contributed by atoms with van der Waals surface area (Å²) in [6, 6.07) is 0. The van der Waals surface area contributed by atoms with Crippen molar-refractivity contribution in [3.05, 3.63) is 0 Å². The Morgan fingerprint density at radius 3 is 2.54 bits per heavy atom. The van der Waals surface area contributed by atoms with Crippen molar-refractivity contribution in [2.75, 3.05) is 12.4 Å². The molecule has 74 valence electrons. The average Bonchev–Trinajstić information content (AvgIpc) is 2.05. The molecule has 0 N–H and O–H groups in total. The van der Waals surface area contributed by atoms with Crippen LogP contribution in [0.5, 0.6) is 0 Å². The molecule has 13 heavy (non-hydrogen) atoms. The maximum atomic E-state index is 10.9. The van der Waals surface area contributed by atoms with Gasteiger partial charge in [-0.15, -0.1) is 0 Å². The molecule has 0 rings (SSSR count). The molecule has 0 radical (unpaired) electrons. The van der Waals surface area contributed by atoms with Gasteiger partial charge >= 0.3 is 11.9 Å². The van der Waals surface area contributed by atoms with Crippen LogP contribution in [-0.2, 0) is 14.3 Å². The van der Waals surface area contributed by atoms with Gasteiger partial charge in [-0.1, -0.05) is 30.3 Å². The predicted molar refractivity (Wildman–Crippen MR) is 53.1 cm³/mol. The van der Waals surface area contributed by atoms with Gasteiger partial charge in [-0.25, -0.2) is 4.79 Å². The van der Waals surface area contributed by atoms with Gasteiger partial charge in [0.15, 0.2) is 4.50 Å². The van der Waals surface area contributed by atoms with Crippen molar-refractivity contribution in [3.8, 4) is 0 Å². The molecule has 0 unspecified atom stereocenters. The molecule has 4 nitrogen and oxygen atoms in total. The number of hydrogen-bond donors (Lipinski definition) is 0. The van der Waals surface area contributed by atoms with Crippen LogP contribution in [0.25, 0.3) is 0 Å². The summed E-state index contributed by atoms with van der Waals surface area (Å²) in [4.78, 5) is 24.9. The smallest absolute Gasteiger partial charge is 0.399 e. The van der Waals surface area contributed by atoms with E-state index in [1.807, 2.05) is 6.92 Å². The molecule has 1 amide bonds. The Morgan fingerprint density at radius 1 is 1.46 bits per heavy atom. The molecule has 0 spiro atoms. The van der Waals surface area contributed by atoms with E-state index in [4.69, 9.17) is 11.6 Å². The van der Waals surface area contributed by atoms with Crippen LogP contribution in [0, 0.1) is 0 Å². The number of rotatable bonds is 2. The van der Waals surface area contributed by atoms with E-state index in [1.54, 1.807) is 6.92 Å². The Labute approximate surface area is 85.7 Å². The first-order chi connectivity index (χ1) is 6.11. The lowest BCUT2D eigenvalue weighted by molar-refractivity contribution is -0.152. The quantitative estimate of drug-likeness (QED) is 0.308. The highest BCUT2D eigenvalue weighted by atomic mass is 35.5. The molecule has 6 heteroatoms. The topological polar surface area (TPSA) is 55.7 Å². The molecule has 0 aromatic rings. The summed E-state index contributed by atoms with van der Waals surface area (Å²) >= 11 is 6.69. The third-order valence-corrected chi connectivity index (χ3v) is 1.93. The van der Waals surface area contributed by atoms with E-state index in [1.165, 1.54) is 11.8 Å². The molecule has 0 aliphatic rings. The van der Waals surface area contributed by atoms with E-state index >= 15 is 0 Å². The van der Waals surface area contributed by atoms with Crippen LogP contribution in [0.3, 0.4) is 0 Å². The van der Waals surface area contributed by atoms with Gasteiger partial charge in [-0.05, 0) is 12.7 Å². The molecule has 0 heterocycles. The molecule has 0 aliphatic heterocycles. The van der Waals surface area contributed by atoms with Gasteiger partial charge in [0.25, 0.3) is 0 Å². The summed E-state index contributed by atoms with van der Waals surface area (Å²) in [5, 5.41) is 0. The van der Waals surface area contributed by atoms with Crippen molar-refractivity contribution in [2.24, 2.45) is 4.99 Å². The molecule has 0 aromatic heterocycles. The van der Waals surface area contributed by atoms with E-state index in [-0.39, 0.29) is 11.1 Å². The van der Waals surface area contributed by atoms with E-state index in [0.29, 0.717) is 5.75 Å². The van der Waals surface area contributed by atoms with E-state index in [2.05, 4.69) is 9.73 Å². The SMILES string of the molecule is CCOC(=O)C(=O)N=C(Cl)SCC. The monoisotopic (exact) mass is 223 g/mol. The summed E-state index contributed by atoms with van der Waals surface area (Å²) in [6.07, 6.45) is 0. The van der Waals surface area contributed by atoms with Gasteiger partial charge in [0.2, 0.25) is 0 Å². The Balaban J connectivity index is 4.12. The minimum Gasteiger partial charge on any atom is -0.459 e. The minimum atomic E-state index is -0.975.